The van der Waals surface area contributed by atoms with Crippen LogP contribution >= 0.6 is 23.2 Å². The average molecular weight is 338 g/mol. The number of alkyl halides is 3. The van der Waals surface area contributed by atoms with Crippen molar-refractivity contribution in [2.45, 2.75) is 12.7 Å². The first-order chi connectivity index (χ1) is 9.77. The summed E-state index contributed by atoms with van der Waals surface area (Å²) < 4.78 is 51.1. The second kappa shape index (κ2) is 6.12. The summed E-state index contributed by atoms with van der Waals surface area (Å²) in [5.41, 5.74) is -0.420. The molecule has 0 aliphatic rings. The van der Waals surface area contributed by atoms with Crippen LogP contribution in [0.4, 0.5) is 23.2 Å². The minimum atomic E-state index is -4.59. The van der Waals surface area contributed by atoms with Gasteiger partial charge in [0.25, 0.3) is 0 Å². The van der Waals surface area contributed by atoms with Gasteiger partial charge in [0.15, 0.2) is 0 Å². The lowest BCUT2D eigenvalue weighted by Crippen LogP contribution is -2.08. The molecule has 0 spiro atoms. The third-order valence-electron chi connectivity index (χ3n) is 2.72. The standard InChI is InChI=1S/C14H9Cl2F4N/c15-11-2-1-3-12(13(11)16)21-7-8-4-9(14(18,19)20)6-10(17)5-8/h1-6,21H,7H2. The van der Waals surface area contributed by atoms with Gasteiger partial charge in [-0.2, -0.15) is 13.2 Å². The zero-order chi connectivity index (χ0) is 15.6. The molecule has 2 aromatic carbocycles. The van der Waals surface area contributed by atoms with Gasteiger partial charge < -0.3 is 5.32 Å². The van der Waals surface area contributed by atoms with E-state index in [1.807, 2.05) is 0 Å². The predicted molar refractivity (Wildman–Crippen MR) is 75.2 cm³/mol. The molecule has 0 aliphatic carbocycles. The Morgan fingerprint density at radius 3 is 2.43 bits per heavy atom. The first-order valence-corrected chi connectivity index (χ1v) is 6.57. The van der Waals surface area contributed by atoms with E-state index in [4.69, 9.17) is 23.2 Å². The summed E-state index contributed by atoms with van der Waals surface area (Å²) in [5, 5.41) is 3.40. The van der Waals surface area contributed by atoms with Crippen LogP contribution in [0.1, 0.15) is 11.1 Å². The number of rotatable bonds is 3. The molecule has 0 fully saturated rings. The number of hydrogen-bond acceptors (Lipinski definition) is 1. The molecule has 0 saturated heterocycles. The fraction of sp³-hybridized carbons (Fsp3) is 0.143. The molecule has 0 amide bonds. The molecular formula is C14H9Cl2F4N. The molecule has 0 unspecified atom stereocenters. The molecule has 0 atom stereocenters. The van der Waals surface area contributed by atoms with E-state index in [2.05, 4.69) is 5.32 Å². The van der Waals surface area contributed by atoms with Crippen LogP contribution in [0.25, 0.3) is 0 Å². The molecule has 112 valence electrons. The Bertz CT molecular complexity index is 656. The van der Waals surface area contributed by atoms with E-state index in [1.165, 1.54) is 0 Å². The van der Waals surface area contributed by atoms with Crippen LogP contribution in [-0.4, -0.2) is 0 Å². The number of benzene rings is 2. The summed E-state index contributed by atoms with van der Waals surface area (Å²) >= 11 is 11.8. The van der Waals surface area contributed by atoms with Crippen LogP contribution in [0.15, 0.2) is 36.4 Å². The highest BCUT2D eigenvalue weighted by molar-refractivity contribution is 6.43. The Kier molecular flexibility index (Phi) is 4.64. The fourth-order valence-electron chi connectivity index (χ4n) is 1.75. The van der Waals surface area contributed by atoms with Crippen LogP contribution < -0.4 is 5.32 Å². The van der Waals surface area contributed by atoms with E-state index >= 15 is 0 Å². The predicted octanol–water partition coefficient (Wildman–Crippen LogP) is 5.76. The van der Waals surface area contributed by atoms with Crippen molar-refractivity contribution in [3.8, 4) is 0 Å². The van der Waals surface area contributed by atoms with E-state index < -0.39 is 17.6 Å². The van der Waals surface area contributed by atoms with E-state index in [0.29, 0.717) is 16.8 Å². The molecule has 7 heteroatoms. The monoisotopic (exact) mass is 337 g/mol. The SMILES string of the molecule is Fc1cc(CNc2cccc(Cl)c2Cl)cc(C(F)(F)F)c1. The third-order valence-corrected chi connectivity index (χ3v) is 3.54. The Hall–Kier alpha value is -1.46. The van der Waals surface area contributed by atoms with Gasteiger partial charge >= 0.3 is 6.18 Å². The molecule has 0 heterocycles. The second-order valence-corrected chi connectivity index (χ2v) is 5.09. The number of anilines is 1. The lowest BCUT2D eigenvalue weighted by molar-refractivity contribution is -0.137. The molecule has 1 nitrogen and oxygen atoms in total. The van der Waals surface area contributed by atoms with Gasteiger partial charge in [0.05, 0.1) is 21.3 Å². The third kappa shape index (κ3) is 4.02. The maximum Gasteiger partial charge on any atom is 0.416 e. The van der Waals surface area contributed by atoms with Gasteiger partial charge in [0.1, 0.15) is 5.82 Å². The maximum absolute atomic E-state index is 13.3. The van der Waals surface area contributed by atoms with Crippen molar-refractivity contribution in [1.29, 1.82) is 0 Å². The van der Waals surface area contributed by atoms with Gasteiger partial charge in [-0.1, -0.05) is 29.3 Å². The van der Waals surface area contributed by atoms with E-state index in [1.54, 1.807) is 18.2 Å². The molecule has 0 aromatic heterocycles. The van der Waals surface area contributed by atoms with Crippen LogP contribution in [0.3, 0.4) is 0 Å². The summed E-state index contributed by atoms with van der Waals surface area (Å²) in [6.07, 6.45) is -4.59. The fourth-order valence-corrected chi connectivity index (χ4v) is 2.12. The van der Waals surface area contributed by atoms with Gasteiger partial charge in [0.2, 0.25) is 0 Å². The van der Waals surface area contributed by atoms with Gasteiger partial charge in [-0.05, 0) is 35.9 Å². The molecular weight excluding hydrogens is 329 g/mol. The molecule has 2 rings (SSSR count). The smallest absolute Gasteiger partial charge is 0.380 e. The van der Waals surface area contributed by atoms with Crippen molar-refractivity contribution >= 4 is 28.9 Å². The van der Waals surface area contributed by atoms with Crippen molar-refractivity contribution in [3.63, 3.8) is 0 Å². The lowest BCUT2D eigenvalue weighted by atomic mass is 10.1. The van der Waals surface area contributed by atoms with E-state index in [0.717, 1.165) is 12.1 Å². The highest BCUT2D eigenvalue weighted by Crippen LogP contribution is 2.32. The normalized spacial score (nSPS) is 11.5. The summed E-state index contributed by atoms with van der Waals surface area (Å²) in [4.78, 5) is 0. The van der Waals surface area contributed by atoms with E-state index in [9.17, 15) is 17.6 Å². The first kappa shape index (κ1) is 15.9. The topological polar surface area (TPSA) is 12.0 Å². The van der Waals surface area contributed by atoms with Crippen LogP contribution in [0, 0.1) is 5.82 Å². The van der Waals surface area contributed by atoms with Gasteiger partial charge in [-0.3, -0.25) is 0 Å². The molecule has 0 saturated carbocycles. The number of nitrogens with one attached hydrogen (secondary N) is 1. The minimum Gasteiger partial charge on any atom is -0.380 e. The summed E-state index contributed by atoms with van der Waals surface area (Å²) in [6, 6.07) is 7.21. The quantitative estimate of drug-likeness (QED) is 0.701. The van der Waals surface area contributed by atoms with Crippen LogP contribution in [0.2, 0.25) is 10.0 Å². The number of halogens is 6. The lowest BCUT2D eigenvalue weighted by Gasteiger charge is -2.12. The Morgan fingerprint density at radius 2 is 1.76 bits per heavy atom. The van der Waals surface area contributed by atoms with Gasteiger partial charge in [-0.25, -0.2) is 4.39 Å². The maximum atomic E-state index is 13.3. The first-order valence-electron chi connectivity index (χ1n) is 5.82. The average Bonchev–Trinajstić information content (AvgIpc) is 2.39. The highest BCUT2D eigenvalue weighted by atomic mass is 35.5. The molecule has 0 aliphatic heterocycles. The van der Waals surface area contributed by atoms with E-state index in [-0.39, 0.29) is 17.1 Å². The van der Waals surface area contributed by atoms with Gasteiger partial charge in [-0.15, -0.1) is 0 Å². The highest BCUT2D eigenvalue weighted by Gasteiger charge is 2.31. The van der Waals surface area contributed by atoms with Crippen molar-refractivity contribution in [1.82, 2.24) is 0 Å². The zero-order valence-corrected chi connectivity index (χ0v) is 12.0. The summed E-state index contributed by atoms with van der Waals surface area (Å²) in [7, 11) is 0. The second-order valence-electron chi connectivity index (χ2n) is 4.30. The summed E-state index contributed by atoms with van der Waals surface area (Å²) in [5.74, 6) is -0.946. The Morgan fingerprint density at radius 1 is 1.05 bits per heavy atom. The largest absolute Gasteiger partial charge is 0.416 e. The van der Waals surface area contributed by atoms with Crippen molar-refractivity contribution in [2.24, 2.45) is 0 Å². The molecule has 1 N–H and O–H groups in total. The van der Waals surface area contributed by atoms with Crippen molar-refractivity contribution in [2.75, 3.05) is 5.32 Å². The number of hydrogen-bond donors (Lipinski definition) is 1. The Balaban J connectivity index is 2.21. The van der Waals surface area contributed by atoms with Gasteiger partial charge in [0, 0.05) is 6.54 Å². The molecule has 2 aromatic rings. The van der Waals surface area contributed by atoms with Crippen LogP contribution in [0.5, 0.6) is 0 Å². The summed E-state index contributed by atoms with van der Waals surface area (Å²) in [6.45, 7) is -0.0130. The zero-order valence-electron chi connectivity index (χ0n) is 10.4. The molecule has 0 radical (unpaired) electrons. The Labute approximate surface area is 128 Å². The minimum absolute atomic E-state index is 0.0130. The van der Waals surface area contributed by atoms with Crippen molar-refractivity contribution in [3.05, 3.63) is 63.4 Å². The molecule has 21 heavy (non-hydrogen) atoms. The van der Waals surface area contributed by atoms with Crippen molar-refractivity contribution < 1.29 is 17.6 Å². The van der Waals surface area contributed by atoms with Crippen LogP contribution in [-0.2, 0) is 12.7 Å². The molecule has 0 bridgehead atoms.